The van der Waals surface area contributed by atoms with Crippen LogP contribution in [0.3, 0.4) is 0 Å². The van der Waals surface area contributed by atoms with Crippen LogP contribution in [0.25, 0.3) is 0 Å². The monoisotopic (exact) mass is 316 g/mol. The molecule has 2 heterocycles. The molecule has 120 valence electrons. The molecule has 6 nitrogen and oxygen atoms in total. The minimum absolute atomic E-state index is 0.0214. The van der Waals surface area contributed by atoms with Crippen LogP contribution in [0.1, 0.15) is 29.8 Å². The number of aromatic hydroxyl groups is 1. The second-order valence-corrected chi connectivity index (χ2v) is 6.46. The summed E-state index contributed by atoms with van der Waals surface area (Å²) < 4.78 is 11.6. The number of hydrogen-bond donors (Lipinski definition) is 2. The summed E-state index contributed by atoms with van der Waals surface area (Å²) >= 11 is 0. The van der Waals surface area contributed by atoms with Gasteiger partial charge in [-0.25, -0.2) is 0 Å². The van der Waals surface area contributed by atoms with E-state index in [1.165, 1.54) is 6.07 Å². The Balaban J connectivity index is 1.85. The van der Waals surface area contributed by atoms with Crippen LogP contribution in [0.4, 0.5) is 0 Å². The third-order valence-electron chi connectivity index (χ3n) is 5.31. The SMILES string of the molecule is CC1OC2C3=C(Cc4c(O)cccc4C3=O)OC2(C)C1(O)C=O. The minimum atomic E-state index is -1.84. The third-order valence-corrected chi connectivity index (χ3v) is 5.31. The second-order valence-electron chi connectivity index (χ2n) is 6.46. The number of aliphatic hydroxyl groups is 1. The van der Waals surface area contributed by atoms with Crippen molar-refractivity contribution in [3.05, 3.63) is 40.7 Å². The van der Waals surface area contributed by atoms with Crippen molar-refractivity contribution < 1.29 is 29.3 Å². The molecule has 1 saturated heterocycles. The molecule has 1 fully saturated rings. The molecule has 1 aliphatic carbocycles. The highest BCUT2D eigenvalue weighted by atomic mass is 16.6. The number of carbonyl (C=O) groups is 2. The Hall–Kier alpha value is -2.18. The van der Waals surface area contributed by atoms with Gasteiger partial charge in [0.25, 0.3) is 0 Å². The molecule has 0 radical (unpaired) electrons. The topological polar surface area (TPSA) is 93.1 Å². The Labute approximate surface area is 132 Å². The number of benzene rings is 1. The van der Waals surface area contributed by atoms with Crippen molar-refractivity contribution in [2.75, 3.05) is 0 Å². The largest absolute Gasteiger partial charge is 0.508 e. The van der Waals surface area contributed by atoms with Crippen LogP contribution in [0.15, 0.2) is 29.5 Å². The number of phenolic OH excluding ortho intramolecular Hbond substituents is 1. The zero-order chi connectivity index (χ0) is 16.6. The maximum Gasteiger partial charge on any atom is 0.195 e. The number of fused-ring (bicyclic) bond motifs is 3. The Bertz CT molecular complexity index is 781. The molecule has 4 unspecified atom stereocenters. The predicted octanol–water partition coefficient (Wildman–Crippen LogP) is 0.891. The first-order valence-corrected chi connectivity index (χ1v) is 7.45. The molecule has 4 rings (SSSR count). The van der Waals surface area contributed by atoms with Crippen LogP contribution in [0, 0.1) is 0 Å². The Morgan fingerprint density at radius 2 is 2.13 bits per heavy atom. The van der Waals surface area contributed by atoms with Crippen molar-refractivity contribution in [2.45, 2.75) is 43.7 Å². The number of phenols is 1. The van der Waals surface area contributed by atoms with Gasteiger partial charge in [-0.2, -0.15) is 0 Å². The lowest BCUT2D eigenvalue weighted by molar-refractivity contribution is -0.153. The van der Waals surface area contributed by atoms with Crippen LogP contribution in [-0.4, -0.2) is 45.7 Å². The Kier molecular flexibility index (Phi) is 2.64. The van der Waals surface area contributed by atoms with E-state index in [1.807, 2.05) is 0 Å². The molecule has 4 atom stereocenters. The summed E-state index contributed by atoms with van der Waals surface area (Å²) in [5.41, 5.74) is -1.98. The Morgan fingerprint density at radius 1 is 1.39 bits per heavy atom. The lowest BCUT2D eigenvalue weighted by Gasteiger charge is -2.34. The first-order chi connectivity index (χ1) is 10.8. The molecule has 0 bridgehead atoms. The highest BCUT2D eigenvalue weighted by Gasteiger charge is 2.70. The summed E-state index contributed by atoms with van der Waals surface area (Å²) in [4.78, 5) is 24.3. The summed E-state index contributed by atoms with van der Waals surface area (Å²) in [6.45, 7) is 3.15. The maximum absolute atomic E-state index is 12.8. The molecule has 6 heteroatoms. The average Bonchev–Trinajstić information content (AvgIpc) is 2.90. The fraction of sp³-hybridized carbons (Fsp3) is 0.412. The fourth-order valence-electron chi connectivity index (χ4n) is 3.86. The molecule has 1 aromatic rings. The van der Waals surface area contributed by atoms with Crippen molar-refractivity contribution >= 4 is 12.1 Å². The van der Waals surface area contributed by atoms with Crippen LogP contribution in [0.2, 0.25) is 0 Å². The summed E-state index contributed by atoms with van der Waals surface area (Å²) in [7, 11) is 0. The van der Waals surface area contributed by atoms with Gasteiger partial charge in [0.2, 0.25) is 0 Å². The van der Waals surface area contributed by atoms with E-state index in [-0.39, 0.29) is 18.0 Å². The van der Waals surface area contributed by atoms with E-state index >= 15 is 0 Å². The van der Waals surface area contributed by atoms with Crippen LogP contribution in [-0.2, 0) is 20.7 Å². The smallest absolute Gasteiger partial charge is 0.195 e. The summed E-state index contributed by atoms with van der Waals surface area (Å²) in [5.74, 6) is 0.0741. The highest BCUT2D eigenvalue weighted by molar-refractivity contribution is 6.13. The summed E-state index contributed by atoms with van der Waals surface area (Å²) in [6.07, 6.45) is -0.958. The standard InChI is InChI=1S/C17H16O6/c1-8-17(21,7-18)16(2)15(22-8)13-12(23-16)6-10-9(14(13)20)4-3-5-11(10)19/h3-5,7-8,15,19,21H,6H2,1-2H3. The van der Waals surface area contributed by atoms with Gasteiger partial charge in [-0.15, -0.1) is 0 Å². The first-order valence-electron chi connectivity index (χ1n) is 7.45. The van der Waals surface area contributed by atoms with Crippen molar-refractivity contribution in [3.8, 4) is 5.75 Å². The van der Waals surface area contributed by atoms with Crippen LogP contribution < -0.4 is 0 Å². The number of rotatable bonds is 1. The van der Waals surface area contributed by atoms with Crippen molar-refractivity contribution in [2.24, 2.45) is 0 Å². The fourth-order valence-corrected chi connectivity index (χ4v) is 3.86. The zero-order valence-corrected chi connectivity index (χ0v) is 12.7. The van der Waals surface area contributed by atoms with Crippen molar-refractivity contribution in [3.63, 3.8) is 0 Å². The number of aldehydes is 1. The molecule has 2 aliphatic heterocycles. The molecule has 3 aliphatic rings. The van der Waals surface area contributed by atoms with E-state index in [0.29, 0.717) is 28.7 Å². The molecule has 0 amide bonds. The maximum atomic E-state index is 12.8. The first kappa shape index (κ1) is 14.4. The van der Waals surface area contributed by atoms with E-state index in [1.54, 1.807) is 26.0 Å². The summed E-state index contributed by atoms with van der Waals surface area (Å²) in [5, 5.41) is 20.7. The van der Waals surface area contributed by atoms with Crippen molar-refractivity contribution in [1.29, 1.82) is 0 Å². The number of hydrogen-bond acceptors (Lipinski definition) is 6. The van der Waals surface area contributed by atoms with Gasteiger partial charge < -0.3 is 19.7 Å². The van der Waals surface area contributed by atoms with Gasteiger partial charge in [-0.05, 0) is 19.9 Å². The predicted molar refractivity (Wildman–Crippen MR) is 78.0 cm³/mol. The number of carbonyl (C=O) groups excluding carboxylic acids is 2. The second kappa shape index (κ2) is 4.21. The number of Topliss-reactive ketones (excluding diaryl/α,β-unsaturated/α-hetero) is 1. The molecule has 0 saturated carbocycles. The van der Waals surface area contributed by atoms with Gasteiger partial charge in [0, 0.05) is 17.5 Å². The molecule has 2 N–H and O–H groups in total. The molecule has 1 aromatic carbocycles. The molecule has 0 aromatic heterocycles. The van der Waals surface area contributed by atoms with E-state index in [0.717, 1.165) is 0 Å². The lowest BCUT2D eigenvalue weighted by Crippen LogP contribution is -2.57. The van der Waals surface area contributed by atoms with E-state index in [2.05, 4.69) is 0 Å². The normalized spacial score (nSPS) is 38.0. The number of ether oxygens (including phenoxy) is 2. The van der Waals surface area contributed by atoms with E-state index in [9.17, 15) is 19.8 Å². The number of allylic oxidation sites excluding steroid dienone is 1. The molecule has 23 heavy (non-hydrogen) atoms. The highest BCUT2D eigenvalue weighted by Crippen LogP contribution is 2.53. The molecule has 0 spiro atoms. The average molecular weight is 316 g/mol. The van der Waals surface area contributed by atoms with E-state index < -0.39 is 23.4 Å². The van der Waals surface area contributed by atoms with Crippen molar-refractivity contribution in [1.82, 2.24) is 0 Å². The van der Waals surface area contributed by atoms with Crippen LogP contribution >= 0.6 is 0 Å². The van der Waals surface area contributed by atoms with Gasteiger partial charge in [-0.3, -0.25) is 9.59 Å². The van der Waals surface area contributed by atoms with Gasteiger partial charge in [0.1, 0.15) is 17.6 Å². The zero-order valence-electron chi connectivity index (χ0n) is 12.7. The minimum Gasteiger partial charge on any atom is -0.508 e. The van der Waals surface area contributed by atoms with Gasteiger partial charge in [-0.1, -0.05) is 12.1 Å². The molecular weight excluding hydrogens is 300 g/mol. The van der Waals surface area contributed by atoms with E-state index in [4.69, 9.17) is 9.47 Å². The van der Waals surface area contributed by atoms with Crippen LogP contribution in [0.5, 0.6) is 5.75 Å². The van der Waals surface area contributed by atoms with Gasteiger partial charge in [0.05, 0.1) is 11.7 Å². The Morgan fingerprint density at radius 3 is 2.83 bits per heavy atom. The summed E-state index contributed by atoms with van der Waals surface area (Å²) in [6, 6.07) is 4.75. The number of ketones is 1. The van der Waals surface area contributed by atoms with Gasteiger partial charge in [0.15, 0.2) is 23.3 Å². The van der Waals surface area contributed by atoms with Gasteiger partial charge >= 0.3 is 0 Å². The quantitative estimate of drug-likeness (QED) is 0.748. The third kappa shape index (κ3) is 1.50. The lowest BCUT2D eigenvalue weighted by atomic mass is 9.77. The molecular formula is C17H16O6.